The molecule has 0 radical (unpaired) electrons. The van der Waals surface area contributed by atoms with E-state index in [4.69, 9.17) is 4.74 Å². The predicted octanol–water partition coefficient (Wildman–Crippen LogP) is 0.934. The van der Waals surface area contributed by atoms with Gasteiger partial charge in [0.05, 0.1) is 13.7 Å². The Balaban J connectivity index is 3.22. The first-order valence-corrected chi connectivity index (χ1v) is 6.29. The lowest BCUT2D eigenvalue weighted by Crippen LogP contribution is -2.01. The number of methoxy groups -OCH3 is 1. The van der Waals surface area contributed by atoms with Crippen LogP contribution in [0.3, 0.4) is 0 Å². The highest BCUT2D eigenvalue weighted by molar-refractivity contribution is 7.90. The molecule has 0 aliphatic rings. The van der Waals surface area contributed by atoms with Crippen LogP contribution in [0.1, 0.15) is 5.56 Å². The molecule has 0 heterocycles. The lowest BCUT2D eigenvalue weighted by atomic mass is 10.2. The number of isocyanates is 1. The average molecular weight is 241 g/mol. The van der Waals surface area contributed by atoms with Crippen molar-refractivity contribution in [3.63, 3.8) is 0 Å². The second-order valence-electron chi connectivity index (χ2n) is 3.16. The second-order valence-corrected chi connectivity index (χ2v) is 5.15. The molecule has 0 fully saturated rings. The topological polar surface area (TPSA) is 72.8 Å². The molecule has 0 bridgehead atoms. The molecule has 86 valence electrons. The van der Waals surface area contributed by atoms with Gasteiger partial charge in [-0.3, -0.25) is 0 Å². The lowest BCUT2D eigenvalue weighted by Gasteiger charge is -2.07. The third kappa shape index (κ3) is 2.92. The van der Waals surface area contributed by atoms with Crippen LogP contribution in [0, 0.1) is 0 Å². The summed E-state index contributed by atoms with van der Waals surface area (Å²) in [5.74, 6) is 0.251. The minimum Gasteiger partial charge on any atom is -0.495 e. The van der Waals surface area contributed by atoms with Gasteiger partial charge in [0.1, 0.15) is 10.6 Å². The van der Waals surface area contributed by atoms with Gasteiger partial charge in [-0.05, 0) is 17.7 Å². The Morgan fingerprint density at radius 3 is 2.62 bits per heavy atom. The van der Waals surface area contributed by atoms with Gasteiger partial charge in [-0.15, -0.1) is 0 Å². The largest absolute Gasteiger partial charge is 0.495 e. The predicted molar refractivity (Wildman–Crippen MR) is 57.9 cm³/mol. The fraction of sp³-hybridized carbons (Fsp3) is 0.300. The molecule has 1 aromatic carbocycles. The van der Waals surface area contributed by atoms with Crippen LogP contribution in [0.5, 0.6) is 5.75 Å². The third-order valence-electron chi connectivity index (χ3n) is 1.95. The van der Waals surface area contributed by atoms with Crippen molar-refractivity contribution in [2.45, 2.75) is 11.4 Å². The van der Waals surface area contributed by atoms with Crippen molar-refractivity contribution < 1.29 is 17.9 Å². The molecule has 6 heteroatoms. The van der Waals surface area contributed by atoms with Crippen molar-refractivity contribution in [2.75, 3.05) is 13.4 Å². The number of carbonyl (C=O) groups excluding carboxylic acids is 1. The lowest BCUT2D eigenvalue weighted by molar-refractivity contribution is 0.402. The molecule has 0 unspecified atom stereocenters. The fourth-order valence-electron chi connectivity index (χ4n) is 1.24. The average Bonchev–Trinajstić information content (AvgIpc) is 2.24. The fourth-order valence-corrected chi connectivity index (χ4v) is 2.06. The number of nitrogens with zero attached hydrogens (tertiary/aromatic N) is 1. The number of aliphatic imine (C=N–C) groups is 1. The van der Waals surface area contributed by atoms with Gasteiger partial charge in [-0.1, -0.05) is 6.07 Å². The highest BCUT2D eigenvalue weighted by Crippen LogP contribution is 2.25. The molecule has 0 saturated heterocycles. The summed E-state index contributed by atoms with van der Waals surface area (Å²) in [6, 6.07) is 4.56. The molecular formula is C10H11NO4S. The summed E-state index contributed by atoms with van der Waals surface area (Å²) in [5, 5.41) is 0. The van der Waals surface area contributed by atoms with E-state index in [1.165, 1.54) is 25.3 Å². The summed E-state index contributed by atoms with van der Waals surface area (Å²) in [4.78, 5) is 13.5. The SMILES string of the molecule is COc1cc(CN=C=O)ccc1S(C)(=O)=O. The Morgan fingerprint density at radius 1 is 1.44 bits per heavy atom. The van der Waals surface area contributed by atoms with E-state index in [1.54, 1.807) is 6.07 Å². The molecule has 0 saturated carbocycles. The highest BCUT2D eigenvalue weighted by atomic mass is 32.2. The Bertz CT molecular complexity index is 530. The summed E-state index contributed by atoms with van der Waals surface area (Å²) in [5.41, 5.74) is 0.688. The molecule has 0 amide bonds. The monoisotopic (exact) mass is 241 g/mol. The molecular weight excluding hydrogens is 230 g/mol. The second kappa shape index (κ2) is 4.92. The van der Waals surface area contributed by atoms with E-state index < -0.39 is 9.84 Å². The van der Waals surface area contributed by atoms with Crippen LogP contribution < -0.4 is 4.74 Å². The van der Waals surface area contributed by atoms with E-state index >= 15 is 0 Å². The molecule has 0 spiro atoms. The van der Waals surface area contributed by atoms with E-state index in [2.05, 4.69) is 4.99 Å². The Hall–Kier alpha value is -1.65. The van der Waals surface area contributed by atoms with Gasteiger partial charge in [-0.25, -0.2) is 18.2 Å². The molecule has 0 atom stereocenters. The Labute approximate surface area is 93.7 Å². The minimum absolute atomic E-state index is 0.119. The number of ether oxygens (including phenoxy) is 1. The summed E-state index contributed by atoms with van der Waals surface area (Å²) >= 11 is 0. The smallest absolute Gasteiger partial charge is 0.235 e. The zero-order chi connectivity index (χ0) is 12.2. The zero-order valence-corrected chi connectivity index (χ0v) is 9.74. The van der Waals surface area contributed by atoms with E-state index in [1.807, 2.05) is 0 Å². The summed E-state index contributed by atoms with van der Waals surface area (Å²) in [6.07, 6.45) is 2.52. The van der Waals surface area contributed by atoms with Crippen molar-refractivity contribution >= 4 is 15.9 Å². The van der Waals surface area contributed by atoms with Crippen LogP contribution in [0.4, 0.5) is 0 Å². The van der Waals surface area contributed by atoms with Gasteiger partial charge >= 0.3 is 0 Å². The van der Waals surface area contributed by atoms with Crippen molar-refractivity contribution in [3.8, 4) is 5.75 Å². The normalized spacial score (nSPS) is 10.6. The number of sulfone groups is 1. The van der Waals surface area contributed by atoms with Crippen LogP contribution in [0.2, 0.25) is 0 Å². The van der Waals surface area contributed by atoms with Crippen molar-refractivity contribution in [1.82, 2.24) is 0 Å². The van der Waals surface area contributed by atoms with Gasteiger partial charge in [0.15, 0.2) is 9.84 Å². The zero-order valence-electron chi connectivity index (χ0n) is 8.93. The van der Waals surface area contributed by atoms with Crippen molar-refractivity contribution in [3.05, 3.63) is 23.8 Å². The van der Waals surface area contributed by atoms with Crippen molar-refractivity contribution in [2.24, 2.45) is 4.99 Å². The van der Waals surface area contributed by atoms with Crippen LogP contribution in [0.25, 0.3) is 0 Å². The number of hydrogen-bond acceptors (Lipinski definition) is 5. The molecule has 0 N–H and O–H groups in total. The molecule has 1 rings (SSSR count). The standard InChI is InChI=1S/C10H11NO4S/c1-15-9-5-8(6-11-7-12)3-4-10(9)16(2,13)14/h3-5H,6H2,1-2H3. The van der Waals surface area contributed by atoms with Gasteiger partial charge in [0, 0.05) is 6.26 Å². The summed E-state index contributed by atoms with van der Waals surface area (Å²) < 4.78 is 27.7. The first kappa shape index (κ1) is 12.4. The molecule has 0 aliphatic heterocycles. The molecule has 1 aromatic rings. The maximum absolute atomic E-state index is 11.4. The van der Waals surface area contributed by atoms with Crippen LogP contribution >= 0.6 is 0 Å². The van der Waals surface area contributed by atoms with E-state index in [-0.39, 0.29) is 17.2 Å². The number of rotatable bonds is 4. The third-order valence-corrected chi connectivity index (χ3v) is 3.09. The van der Waals surface area contributed by atoms with E-state index in [0.717, 1.165) is 6.26 Å². The van der Waals surface area contributed by atoms with Gasteiger partial charge in [0.25, 0.3) is 0 Å². The first-order valence-electron chi connectivity index (χ1n) is 4.39. The Morgan fingerprint density at radius 2 is 2.12 bits per heavy atom. The van der Waals surface area contributed by atoms with Crippen LogP contribution in [0.15, 0.2) is 28.1 Å². The Kier molecular flexibility index (Phi) is 3.82. The van der Waals surface area contributed by atoms with Gasteiger partial charge < -0.3 is 4.74 Å². The summed E-state index contributed by atoms with van der Waals surface area (Å²) in [6.45, 7) is 0.157. The van der Waals surface area contributed by atoms with Crippen LogP contribution in [-0.4, -0.2) is 27.9 Å². The number of hydrogen-bond donors (Lipinski definition) is 0. The van der Waals surface area contributed by atoms with Crippen LogP contribution in [-0.2, 0) is 21.2 Å². The summed E-state index contributed by atoms with van der Waals surface area (Å²) in [7, 11) is -1.93. The van der Waals surface area contributed by atoms with E-state index in [0.29, 0.717) is 5.56 Å². The first-order chi connectivity index (χ1) is 7.49. The van der Waals surface area contributed by atoms with E-state index in [9.17, 15) is 13.2 Å². The quantitative estimate of drug-likeness (QED) is 0.580. The number of benzene rings is 1. The highest BCUT2D eigenvalue weighted by Gasteiger charge is 2.14. The minimum atomic E-state index is -3.32. The molecule has 0 aliphatic carbocycles. The molecule has 0 aromatic heterocycles. The maximum atomic E-state index is 11.4. The van der Waals surface area contributed by atoms with Gasteiger partial charge in [0.2, 0.25) is 6.08 Å². The van der Waals surface area contributed by atoms with Crippen molar-refractivity contribution in [1.29, 1.82) is 0 Å². The van der Waals surface area contributed by atoms with Gasteiger partial charge in [-0.2, -0.15) is 0 Å². The molecule has 5 nitrogen and oxygen atoms in total. The maximum Gasteiger partial charge on any atom is 0.235 e. The molecule has 16 heavy (non-hydrogen) atoms.